The number of ether oxygens (including phenoxy) is 1. The van der Waals surface area contributed by atoms with Gasteiger partial charge >= 0.3 is 5.97 Å². The molecule has 0 bridgehead atoms. The molecule has 0 aliphatic heterocycles. The van der Waals surface area contributed by atoms with Crippen LogP contribution in [0, 0.1) is 0 Å². The van der Waals surface area contributed by atoms with Crippen LogP contribution in [0.25, 0.3) is 0 Å². The maximum absolute atomic E-state index is 10.3. The van der Waals surface area contributed by atoms with Crippen molar-refractivity contribution >= 4 is 17.7 Å². The van der Waals surface area contributed by atoms with Gasteiger partial charge in [0.25, 0.3) is 0 Å². The van der Waals surface area contributed by atoms with Gasteiger partial charge in [-0.05, 0) is 49.8 Å². The zero-order chi connectivity index (χ0) is 14.6. The maximum atomic E-state index is 10.3. The lowest BCUT2D eigenvalue weighted by atomic mass is 10.1. The van der Waals surface area contributed by atoms with E-state index in [1.165, 1.54) is 17.7 Å². The van der Waals surface area contributed by atoms with E-state index in [4.69, 9.17) is 9.84 Å². The third-order valence-electron chi connectivity index (χ3n) is 2.94. The number of rotatable bonds is 11. The molecule has 1 rings (SSSR count). The fraction of sp³-hybridized carbons (Fsp3) is 0.562. The molecule has 0 saturated carbocycles. The Kier molecular flexibility index (Phi) is 8.96. The quantitative estimate of drug-likeness (QED) is 0.479. The number of hydrogen-bond donors (Lipinski definition) is 1. The molecule has 0 aromatic heterocycles. The third kappa shape index (κ3) is 8.10. The summed E-state index contributed by atoms with van der Waals surface area (Å²) in [4.78, 5) is 11.6. The average molecular weight is 296 g/mol. The van der Waals surface area contributed by atoms with E-state index in [9.17, 15) is 4.79 Å². The van der Waals surface area contributed by atoms with E-state index in [2.05, 4.69) is 12.1 Å². The first kappa shape index (κ1) is 16.9. The van der Waals surface area contributed by atoms with Gasteiger partial charge in [0.1, 0.15) is 5.75 Å². The Morgan fingerprint density at radius 1 is 1.10 bits per heavy atom. The van der Waals surface area contributed by atoms with Crippen molar-refractivity contribution in [3.8, 4) is 5.75 Å². The average Bonchev–Trinajstić information content (AvgIpc) is 2.43. The number of hydrogen-bond acceptors (Lipinski definition) is 3. The predicted molar refractivity (Wildman–Crippen MR) is 83.7 cm³/mol. The summed E-state index contributed by atoms with van der Waals surface area (Å²) >= 11 is 1.87. The summed E-state index contributed by atoms with van der Waals surface area (Å²) in [5, 5.41) is 8.52. The number of benzene rings is 1. The van der Waals surface area contributed by atoms with Gasteiger partial charge < -0.3 is 9.84 Å². The largest absolute Gasteiger partial charge is 0.494 e. The van der Waals surface area contributed by atoms with Gasteiger partial charge in [0, 0.05) is 11.3 Å². The number of carboxylic acids is 1. The van der Waals surface area contributed by atoms with E-state index in [1.54, 1.807) is 0 Å². The maximum Gasteiger partial charge on any atom is 0.303 e. The zero-order valence-corrected chi connectivity index (χ0v) is 13.0. The smallest absolute Gasteiger partial charge is 0.303 e. The minimum atomic E-state index is -0.684. The van der Waals surface area contributed by atoms with Crippen LogP contribution >= 0.6 is 11.8 Å². The molecule has 0 amide bonds. The first-order chi connectivity index (χ1) is 9.72. The highest BCUT2D eigenvalue weighted by atomic mass is 32.2. The highest BCUT2D eigenvalue weighted by Crippen LogP contribution is 2.22. The number of thioether (sulfide) groups is 1. The van der Waals surface area contributed by atoms with Gasteiger partial charge in [0.15, 0.2) is 0 Å². The molecule has 1 aromatic carbocycles. The summed E-state index contributed by atoms with van der Waals surface area (Å²) in [5.74, 6) is 1.36. The van der Waals surface area contributed by atoms with Gasteiger partial charge in [-0.3, -0.25) is 4.79 Å². The van der Waals surface area contributed by atoms with Crippen molar-refractivity contribution in [3.05, 3.63) is 24.3 Å². The Balaban J connectivity index is 2.02. The van der Waals surface area contributed by atoms with Gasteiger partial charge in [0.05, 0.1) is 6.61 Å². The van der Waals surface area contributed by atoms with Crippen LogP contribution in [0.15, 0.2) is 29.2 Å². The minimum Gasteiger partial charge on any atom is -0.494 e. The van der Waals surface area contributed by atoms with E-state index in [-0.39, 0.29) is 0 Å². The second-order valence-electron chi connectivity index (χ2n) is 4.66. The number of carbonyl (C=O) groups is 1. The van der Waals surface area contributed by atoms with Crippen molar-refractivity contribution in [3.63, 3.8) is 0 Å². The number of aliphatic carboxylic acids is 1. The Bertz CT molecular complexity index is 376. The summed E-state index contributed by atoms with van der Waals surface area (Å²) < 4.78 is 5.41. The fourth-order valence-corrected chi connectivity index (χ4v) is 2.81. The molecule has 20 heavy (non-hydrogen) atoms. The second-order valence-corrected chi connectivity index (χ2v) is 5.83. The summed E-state index contributed by atoms with van der Waals surface area (Å²) in [5.41, 5.74) is 0. The standard InChI is InChI=1S/C16H24O3S/c1-2-19-14-9-11-15(12-10-14)20-13-7-5-3-4-6-8-16(17)18/h9-12H,2-8,13H2,1H3,(H,17,18). The Morgan fingerprint density at radius 2 is 1.75 bits per heavy atom. The van der Waals surface area contributed by atoms with Crippen LogP contribution in [0.3, 0.4) is 0 Å². The molecule has 0 radical (unpaired) electrons. The molecule has 3 nitrogen and oxygen atoms in total. The molecular weight excluding hydrogens is 272 g/mol. The van der Waals surface area contributed by atoms with E-state index in [1.807, 2.05) is 30.8 Å². The lowest BCUT2D eigenvalue weighted by Gasteiger charge is -2.05. The SMILES string of the molecule is CCOc1ccc(SCCCCCCCC(=O)O)cc1. The second kappa shape index (κ2) is 10.6. The molecule has 0 spiro atoms. The van der Waals surface area contributed by atoms with Crippen LogP contribution in [0.1, 0.15) is 45.4 Å². The van der Waals surface area contributed by atoms with Crippen molar-refractivity contribution in [2.45, 2.75) is 50.3 Å². The molecule has 0 aliphatic rings. The monoisotopic (exact) mass is 296 g/mol. The number of carboxylic acid groups (broad SMARTS) is 1. The van der Waals surface area contributed by atoms with E-state index < -0.39 is 5.97 Å². The molecule has 4 heteroatoms. The molecule has 0 aliphatic carbocycles. The van der Waals surface area contributed by atoms with Gasteiger partial charge in [-0.2, -0.15) is 0 Å². The highest BCUT2D eigenvalue weighted by molar-refractivity contribution is 7.99. The molecule has 0 heterocycles. The fourth-order valence-electron chi connectivity index (χ4n) is 1.90. The summed E-state index contributed by atoms with van der Waals surface area (Å²) in [7, 11) is 0. The van der Waals surface area contributed by atoms with E-state index >= 15 is 0 Å². The molecule has 0 unspecified atom stereocenters. The lowest BCUT2D eigenvalue weighted by molar-refractivity contribution is -0.137. The van der Waals surface area contributed by atoms with Crippen LogP contribution in [-0.4, -0.2) is 23.4 Å². The van der Waals surface area contributed by atoms with Crippen molar-refractivity contribution in [1.29, 1.82) is 0 Å². The van der Waals surface area contributed by atoms with Gasteiger partial charge in [-0.25, -0.2) is 0 Å². The molecule has 0 atom stereocenters. The Hall–Kier alpha value is -1.16. The summed E-state index contributed by atoms with van der Waals surface area (Å²) in [6.45, 7) is 2.69. The van der Waals surface area contributed by atoms with Crippen LogP contribution in [0.4, 0.5) is 0 Å². The number of unbranched alkanes of at least 4 members (excludes halogenated alkanes) is 4. The van der Waals surface area contributed by atoms with Crippen LogP contribution < -0.4 is 4.74 Å². The van der Waals surface area contributed by atoms with Crippen LogP contribution in [-0.2, 0) is 4.79 Å². The van der Waals surface area contributed by atoms with Crippen molar-refractivity contribution in [2.24, 2.45) is 0 Å². The Morgan fingerprint density at radius 3 is 2.40 bits per heavy atom. The lowest BCUT2D eigenvalue weighted by Crippen LogP contribution is -1.93. The van der Waals surface area contributed by atoms with Crippen LogP contribution in [0.2, 0.25) is 0 Å². The molecule has 112 valence electrons. The topological polar surface area (TPSA) is 46.5 Å². The molecule has 1 aromatic rings. The normalized spacial score (nSPS) is 10.4. The molecular formula is C16H24O3S. The Labute approximate surface area is 125 Å². The molecule has 0 fully saturated rings. The minimum absolute atomic E-state index is 0.306. The summed E-state index contributed by atoms with van der Waals surface area (Å²) in [6, 6.07) is 8.22. The van der Waals surface area contributed by atoms with Crippen molar-refractivity contribution in [2.75, 3.05) is 12.4 Å². The van der Waals surface area contributed by atoms with E-state index in [0.717, 1.165) is 30.8 Å². The van der Waals surface area contributed by atoms with Gasteiger partial charge in [-0.1, -0.05) is 19.3 Å². The third-order valence-corrected chi connectivity index (χ3v) is 4.04. The van der Waals surface area contributed by atoms with E-state index in [0.29, 0.717) is 13.0 Å². The van der Waals surface area contributed by atoms with Crippen molar-refractivity contribution in [1.82, 2.24) is 0 Å². The predicted octanol–water partition coefficient (Wildman–Crippen LogP) is 4.60. The van der Waals surface area contributed by atoms with Crippen LogP contribution in [0.5, 0.6) is 5.75 Å². The van der Waals surface area contributed by atoms with Gasteiger partial charge in [-0.15, -0.1) is 11.8 Å². The first-order valence-corrected chi connectivity index (χ1v) is 8.28. The highest BCUT2D eigenvalue weighted by Gasteiger charge is 1.98. The zero-order valence-electron chi connectivity index (χ0n) is 12.1. The van der Waals surface area contributed by atoms with Crippen molar-refractivity contribution < 1.29 is 14.6 Å². The molecule has 1 N–H and O–H groups in total. The summed E-state index contributed by atoms with van der Waals surface area (Å²) in [6.07, 6.45) is 5.65. The van der Waals surface area contributed by atoms with Gasteiger partial charge in [0.2, 0.25) is 0 Å². The molecule has 0 saturated heterocycles. The first-order valence-electron chi connectivity index (χ1n) is 7.30.